The van der Waals surface area contributed by atoms with Crippen LogP contribution >= 0.6 is 0 Å². The lowest BCUT2D eigenvalue weighted by Gasteiger charge is -2.48. The van der Waals surface area contributed by atoms with Gasteiger partial charge in [-0.3, -0.25) is 10.2 Å². The van der Waals surface area contributed by atoms with Crippen molar-refractivity contribution in [3.8, 4) is 0 Å². The van der Waals surface area contributed by atoms with Crippen molar-refractivity contribution in [2.75, 3.05) is 44.4 Å². The summed E-state index contributed by atoms with van der Waals surface area (Å²) in [4.78, 5) is 18.6. The topological polar surface area (TPSA) is 127 Å². The summed E-state index contributed by atoms with van der Waals surface area (Å²) in [5, 5.41) is 8.96. The van der Waals surface area contributed by atoms with Crippen LogP contribution in [-0.4, -0.2) is 74.1 Å². The second-order valence-electron chi connectivity index (χ2n) is 7.28. The van der Waals surface area contributed by atoms with E-state index in [0.717, 1.165) is 58.2 Å². The average molecular weight is 401 g/mol. The van der Waals surface area contributed by atoms with Gasteiger partial charge in [-0.2, -0.15) is 4.98 Å². The Hall–Kier alpha value is -1.72. The lowest BCUT2D eigenvalue weighted by molar-refractivity contribution is -0.0356. The molecule has 1 saturated carbocycles. The number of morpholine rings is 1. The van der Waals surface area contributed by atoms with Crippen molar-refractivity contribution in [3.05, 3.63) is 5.82 Å². The van der Waals surface area contributed by atoms with Gasteiger partial charge < -0.3 is 14.6 Å². The highest BCUT2D eigenvalue weighted by atomic mass is 32.2. The van der Waals surface area contributed by atoms with Crippen LogP contribution in [0.4, 0.5) is 10.8 Å². The number of nitrogens with one attached hydrogen (secondary N) is 2. The lowest BCUT2D eigenvalue weighted by Crippen LogP contribution is -2.60. The Balaban J connectivity index is 1.56. The summed E-state index contributed by atoms with van der Waals surface area (Å²) in [5.41, 5.74) is -0.0460. The second-order valence-corrected chi connectivity index (χ2v) is 9.42. The molecule has 2 amide bonds. The summed E-state index contributed by atoms with van der Waals surface area (Å²) in [7, 11) is -3.27. The summed E-state index contributed by atoms with van der Waals surface area (Å²) in [6.07, 6.45) is 6.71. The smallest absolute Gasteiger partial charge is 0.329 e. The first-order chi connectivity index (χ1) is 12.9. The molecule has 11 heteroatoms. The number of ether oxygens (including phenoxy) is 1. The molecule has 2 heterocycles. The minimum Gasteiger partial charge on any atom is -0.379 e. The predicted octanol–water partition coefficient (Wildman–Crippen LogP) is 0.771. The third-order valence-electron chi connectivity index (χ3n) is 5.12. The number of urea groups is 1. The molecule has 152 valence electrons. The van der Waals surface area contributed by atoms with Crippen LogP contribution in [-0.2, 0) is 20.3 Å². The molecule has 1 saturated heterocycles. The maximum atomic E-state index is 12.3. The van der Waals surface area contributed by atoms with Gasteiger partial charge in [-0.1, -0.05) is 24.4 Å². The van der Waals surface area contributed by atoms with E-state index in [4.69, 9.17) is 9.26 Å². The van der Waals surface area contributed by atoms with E-state index in [0.29, 0.717) is 6.54 Å². The monoisotopic (exact) mass is 401 g/mol. The number of anilines is 1. The molecule has 0 radical (unpaired) electrons. The Morgan fingerprint density at radius 3 is 2.59 bits per heavy atom. The number of sulfone groups is 1. The van der Waals surface area contributed by atoms with E-state index < -0.39 is 15.9 Å². The van der Waals surface area contributed by atoms with Crippen LogP contribution in [0.3, 0.4) is 0 Å². The molecule has 3 rings (SSSR count). The third-order valence-corrected chi connectivity index (χ3v) is 5.91. The van der Waals surface area contributed by atoms with Crippen LogP contribution in [0.25, 0.3) is 0 Å². The molecule has 1 aliphatic carbocycles. The highest BCUT2D eigenvalue weighted by molar-refractivity contribution is 7.89. The molecule has 0 aromatic carbocycles. The van der Waals surface area contributed by atoms with Crippen molar-refractivity contribution >= 4 is 21.9 Å². The summed E-state index contributed by atoms with van der Waals surface area (Å²) in [5.74, 6) is -0.315. The highest BCUT2D eigenvalue weighted by Gasteiger charge is 2.38. The fraction of sp³-hybridized carbons (Fsp3) is 0.812. The molecule has 1 aliphatic heterocycles. The average Bonchev–Trinajstić information content (AvgIpc) is 3.06. The summed E-state index contributed by atoms with van der Waals surface area (Å²) in [6, 6.07) is -0.557. The predicted molar refractivity (Wildman–Crippen MR) is 98.1 cm³/mol. The summed E-state index contributed by atoms with van der Waals surface area (Å²) in [6.45, 7) is 3.73. The van der Waals surface area contributed by atoms with Crippen molar-refractivity contribution in [2.45, 2.75) is 43.4 Å². The van der Waals surface area contributed by atoms with Gasteiger partial charge >= 0.3 is 12.0 Å². The van der Waals surface area contributed by atoms with Crippen LogP contribution in [0, 0.1) is 0 Å². The van der Waals surface area contributed by atoms with Gasteiger partial charge in [0.15, 0.2) is 15.7 Å². The van der Waals surface area contributed by atoms with E-state index in [-0.39, 0.29) is 23.1 Å². The fourth-order valence-corrected chi connectivity index (χ4v) is 4.42. The molecule has 10 nitrogen and oxygen atoms in total. The highest BCUT2D eigenvalue weighted by Crippen LogP contribution is 2.33. The number of carbonyl (C=O) groups is 1. The molecule has 27 heavy (non-hydrogen) atoms. The quantitative estimate of drug-likeness (QED) is 0.716. The van der Waals surface area contributed by atoms with Crippen molar-refractivity contribution < 1.29 is 22.5 Å². The maximum absolute atomic E-state index is 12.3. The molecule has 0 bridgehead atoms. The Morgan fingerprint density at radius 2 is 1.93 bits per heavy atom. The lowest BCUT2D eigenvalue weighted by atomic mass is 9.80. The van der Waals surface area contributed by atoms with Gasteiger partial charge in [0.2, 0.25) is 0 Å². The maximum Gasteiger partial charge on any atom is 0.329 e. The van der Waals surface area contributed by atoms with Gasteiger partial charge in [0, 0.05) is 31.4 Å². The Kier molecular flexibility index (Phi) is 6.33. The molecule has 1 aromatic heterocycles. The summed E-state index contributed by atoms with van der Waals surface area (Å²) < 4.78 is 32.9. The largest absolute Gasteiger partial charge is 0.379 e. The fourth-order valence-electron chi connectivity index (χ4n) is 3.84. The Labute approximate surface area is 158 Å². The first kappa shape index (κ1) is 20.0. The molecular weight excluding hydrogens is 374 g/mol. The number of hydrogen-bond donors (Lipinski definition) is 2. The molecule has 1 aromatic rings. The Bertz CT molecular complexity index is 738. The number of nitrogens with zero attached hydrogens (tertiary/aromatic N) is 3. The molecule has 0 atom stereocenters. The van der Waals surface area contributed by atoms with Crippen molar-refractivity contribution in [3.63, 3.8) is 0 Å². The van der Waals surface area contributed by atoms with Crippen LogP contribution < -0.4 is 10.6 Å². The van der Waals surface area contributed by atoms with Crippen LogP contribution in [0.5, 0.6) is 0 Å². The van der Waals surface area contributed by atoms with Gasteiger partial charge in [0.25, 0.3) is 0 Å². The van der Waals surface area contributed by atoms with Crippen molar-refractivity contribution in [2.24, 2.45) is 0 Å². The van der Waals surface area contributed by atoms with Gasteiger partial charge in [0.05, 0.1) is 13.2 Å². The van der Waals surface area contributed by atoms with Crippen molar-refractivity contribution in [1.29, 1.82) is 0 Å². The standard InChI is InChI=1S/C16H27N5O5S/c1-27(23,24)11-13-18-15(26-20-13)19-14(22)17-12-16(5-3-2-4-6-16)21-7-9-25-10-8-21/h2-12H2,1H3,(H2,17,18,19,20,22). The summed E-state index contributed by atoms with van der Waals surface area (Å²) >= 11 is 0. The number of carbonyl (C=O) groups excluding carboxylic acids is 1. The van der Waals surface area contributed by atoms with E-state index in [9.17, 15) is 13.2 Å². The number of rotatable bonds is 6. The van der Waals surface area contributed by atoms with E-state index in [2.05, 4.69) is 25.7 Å². The van der Waals surface area contributed by atoms with Gasteiger partial charge in [-0.05, 0) is 12.8 Å². The SMILES string of the molecule is CS(=O)(=O)Cc1noc(NC(=O)NCC2(N3CCOCC3)CCCCC2)n1. The zero-order valence-corrected chi connectivity index (χ0v) is 16.4. The van der Waals surface area contributed by atoms with Crippen LogP contribution in [0.1, 0.15) is 37.9 Å². The van der Waals surface area contributed by atoms with E-state index in [1.165, 1.54) is 6.42 Å². The van der Waals surface area contributed by atoms with Crippen LogP contribution in [0.15, 0.2) is 4.52 Å². The molecule has 2 N–H and O–H groups in total. The first-order valence-electron chi connectivity index (χ1n) is 9.24. The van der Waals surface area contributed by atoms with Gasteiger partial charge in [-0.15, -0.1) is 0 Å². The van der Waals surface area contributed by atoms with E-state index in [1.54, 1.807) is 0 Å². The van der Waals surface area contributed by atoms with Gasteiger partial charge in [-0.25, -0.2) is 13.2 Å². The minimum atomic E-state index is -3.27. The second kappa shape index (κ2) is 8.53. The number of amides is 2. The molecule has 2 fully saturated rings. The number of aromatic nitrogens is 2. The Morgan fingerprint density at radius 1 is 1.22 bits per heavy atom. The minimum absolute atomic E-state index is 0.0184. The van der Waals surface area contributed by atoms with E-state index in [1.807, 2.05) is 0 Å². The number of hydrogen-bond acceptors (Lipinski definition) is 8. The first-order valence-corrected chi connectivity index (χ1v) is 11.3. The molecule has 0 unspecified atom stereocenters. The molecular formula is C16H27N5O5S. The molecule has 0 spiro atoms. The zero-order valence-electron chi connectivity index (χ0n) is 15.6. The molecule has 2 aliphatic rings. The normalized spacial score (nSPS) is 20.9. The third kappa shape index (κ3) is 5.63. The van der Waals surface area contributed by atoms with Crippen LogP contribution in [0.2, 0.25) is 0 Å². The van der Waals surface area contributed by atoms with E-state index >= 15 is 0 Å². The zero-order chi connectivity index (χ0) is 19.3. The van der Waals surface area contributed by atoms with Crippen molar-refractivity contribution in [1.82, 2.24) is 20.4 Å². The van der Waals surface area contributed by atoms with Gasteiger partial charge in [0.1, 0.15) is 5.75 Å².